The first-order chi connectivity index (χ1) is 20.4. The first kappa shape index (κ1) is 29.4. The van der Waals surface area contributed by atoms with Crippen molar-refractivity contribution >= 4 is 18.0 Å². The van der Waals surface area contributed by atoms with Gasteiger partial charge in [0.05, 0.1) is 18.6 Å². The third-order valence-electron chi connectivity index (χ3n) is 8.64. The zero-order chi connectivity index (χ0) is 29.5. The molecule has 0 radical (unpaired) electrons. The van der Waals surface area contributed by atoms with Crippen LogP contribution in [0.5, 0.6) is 5.75 Å². The minimum atomic E-state index is -0.402. The molecule has 0 spiro atoms. The number of nitrogens with one attached hydrogen (secondary N) is 1. The van der Waals surface area contributed by atoms with Crippen LogP contribution in [0, 0.1) is 5.92 Å². The van der Waals surface area contributed by atoms with Crippen LogP contribution in [0.3, 0.4) is 0 Å². The van der Waals surface area contributed by atoms with Crippen LogP contribution in [0.1, 0.15) is 78.6 Å². The summed E-state index contributed by atoms with van der Waals surface area (Å²) in [6.07, 6.45) is 5.87. The van der Waals surface area contributed by atoms with E-state index in [1.165, 1.54) is 5.56 Å². The number of hydrogen-bond acceptors (Lipinski definition) is 6. The maximum atomic E-state index is 13.0. The number of carbonyl (C=O) groups excluding carboxylic acids is 3. The van der Waals surface area contributed by atoms with Crippen LogP contribution in [0.4, 0.5) is 4.79 Å². The molecule has 1 N–H and O–H groups in total. The molecular weight excluding hydrogens is 530 g/mol. The van der Waals surface area contributed by atoms with Crippen molar-refractivity contribution in [3.63, 3.8) is 0 Å². The van der Waals surface area contributed by atoms with E-state index in [0.29, 0.717) is 23.8 Å². The standard InChI is InChI=1S/C35H39NO6/c1-3-40-33(38)26-15-13-24(14-16-26)20-31(37)42-29-18-17-27-21-28-12-8-5-9-19-35(2,30(27)22-29)32(28)36-34(39)41-23-25-10-6-4-7-11-25/h4,6-7,10-11,13-18,22,28,32H,3,5,8-9,12,19-21,23H2,1-2H3,(H,36,39)/t28-,32-,35+/m0/s1. The number of alkyl carbamates (subject to hydrolysis) is 1. The van der Waals surface area contributed by atoms with Gasteiger partial charge in [0.15, 0.2) is 0 Å². The van der Waals surface area contributed by atoms with Crippen LogP contribution >= 0.6 is 0 Å². The van der Waals surface area contributed by atoms with E-state index in [4.69, 9.17) is 14.2 Å². The molecule has 2 bridgehead atoms. The zero-order valence-electron chi connectivity index (χ0n) is 24.4. The summed E-state index contributed by atoms with van der Waals surface area (Å²) in [4.78, 5) is 37.8. The maximum Gasteiger partial charge on any atom is 0.407 e. The Morgan fingerprint density at radius 1 is 0.905 bits per heavy atom. The highest BCUT2D eigenvalue weighted by molar-refractivity contribution is 5.89. The average Bonchev–Trinajstić information content (AvgIpc) is 2.98. The van der Waals surface area contributed by atoms with Crippen molar-refractivity contribution in [1.29, 1.82) is 0 Å². The Kier molecular flexibility index (Phi) is 9.25. The van der Waals surface area contributed by atoms with E-state index in [1.807, 2.05) is 42.5 Å². The van der Waals surface area contributed by atoms with E-state index >= 15 is 0 Å². The Morgan fingerprint density at radius 3 is 2.45 bits per heavy atom. The van der Waals surface area contributed by atoms with Crippen LogP contribution in [-0.2, 0) is 39.1 Å². The van der Waals surface area contributed by atoms with Gasteiger partial charge in [0.2, 0.25) is 0 Å². The molecule has 7 heteroatoms. The highest BCUT2D eigenvalue weighted by atomic mass is 16.5. The number of carbonyl (C=O) groups is 3. The summed E-state index contributed by atoms with van der Waals surface area (Å²) in [6, 6.07) is 22.3. The lowest BCUT2D eigenvalue weighted by molar-refractivity contribution is -0.133. The van der Waals surface area contributed by atoms with Crippen LogP contribution in [-0.4, -0.2) is 30.7 Å². The highest BCUT2D eigenvalue weighted by Crippen LogP contribution is 2.47. The van der Waals surface area contributed by atoms with Gasteiger partial charge in [-0.2, -0.15) is 0 Å². The summed E-state index contributed by atoms with van der Waals surface area (Å²) < 4.78 is 16.4. The Labute approximate surface area is 247 Å². The van der Waals surface area contributed by atoms with Gasteiger partial charge in [-0.05, 0) is 78.6 Å². The summed E-state index contributed by atoms with van der Waals surface area (Å²) in [5.41, 5.74) is 4.19. The molecule has 1 amide bonds. The first-order valence-corrected chi connectivity index (χ1v) is 14.9. The molecule has 1 fully saturated rings. The van der Waals surface area contributed by atoms with Gasteiger partial charge in [-0.25, -0.2) is 9.59 Å². The molecule has 5 rings (SSSR count). The van der Waals surface area contributed by atoms with Gasteiger partial charge in [0, 0.05) is 11.5 Å². The molecule has 2 aliphatic rings. The van der Waals surface area contributed by atoms with Gasteiger partial charge >= 0.3 is 18.0 Å². The largest absolute Gasteiger partial charge is 0.462 e. The average molecular weight is 570 g/mol. The van der Waals surface area contributed by atoms with Crippen molar-refractivity contribution < 1.29 is 28.6 Å². The fourth-order valence-corrected chi connectivity index (χ4v) is 6.53. The molecule has 220 valence electrons. The molecule has 3 aromatic carbocycles. The molecular formula is C35H39NO6. The number of esters is 2. The lowest BCUT2D eigenvalue weighted by Crippen LogP contribution is -2.57. The number of amides is 1. The monoisotopic (exact) mass is 569 g/mol. The Bertz CT molecular complexity index is 1400. The van der Waals surface area contributed by atoms with Crippen molar-refractivity contribution in [2.24, 2.45) is 5.92 Å². The molecule has 0 aromatic heterocycles. The van der Waals surface area contributed by atoms with E-state index in [2.05, 4.69) is 18.3 Å². The molecule has 0 heterocycles. The normalized spacial score (nSPS) is 21.2. The molecule has 3 atom stereocenters. The van der Waals surface area contributed by atoms with E-state index in [0.717, 1.165) is 55.2 Å². The van der Waals surface area contributed by atoms with E-state index in [1.54, 1.807) is 31.2 Å². The summed E-state index contributed by atoms with van der Waals surface area (Å²) >= 11 is 0. The lowest BCUT2D eigenvalue weighted by atomic mass is 9.59. The number of rotatable bonds is 8. The molecule has 1 saturated carbocycles. The third kappa shape index (κ3) is 6.84. The van der Waals surface area contributed by atoms with Gasteiger partial charge in [0.1, 0.15) is 12.4 Å². The quantitative estimate of drug-likeness (QED) is 0.240. The molecule has 0 unspecified atom stereocenters. The van der Waals surface area contributed by atoms with E-state index in [9.17, 15) is 14.4 Å². The first-order valence-electron chi connectivity index (χ1n) is 14.9. The number of ether oxygens (including phenoxy) is 3. The fraction of sp³-hybridized carbons (Fsp3) is 0.400. The van der Waals surface area contributed by atoms with Gasteiger partial charge in [0.25, 0.3) is 0 Å². The second kappa shape index (κ2) is 13.2. The predicted octanol–water partition coefficient (Wildman–Crippen LogP) is 6.70. The van der Waals surface area contributed by atoms with Crippen LogP contribution in [0.25, 0.3) is 0 Å². The maximum absolute atomic E-state index is 13.0. The summed E-state index contributed by atoms with van der Waals surface area (Å²) in [5, 5.41) is 3.25. The van der Waals surface area contributed by atoms with Crippen molar-refractivity contribution in [3.05, 3.63) is 101 Å². The molecule has 3 aromatic rings. The van der Waals surface area contributed by atoms with Gasteiger partial charge in [-0.3, -0.25) is 4.79 Å². The Morgan fingerprint density at radius 2 is 1.69 bits per heavy atom. The number of hydrogen-bond donors (Lipinski definition) is 1. The summed E-state index contributed by atoms with van der Waals surface area (Å²) in [7, 11) is 0. The van der Waals surface area contributed by atoms with Crippen LogP contribution < -0.4 is 10.1 Å². The minimum Gasteiger partial charge on any atom is -0.462 e. The Hall–Kier alpha value is -4.13. The molecule has 0 saturated heterocycles. The SMILES string of the molecule is CCOC(=O)c1ccc(CC(=O)Oc2ccc3c(c2)[C@@]2(C)CCCCC[C@@H](C3)[C@@H]2NC(=O)OCc2ccccc2)cc1. The molecule has 42 heavy (non-hydrogen) atoms. The molecule has 7 nitrogen and oxygen atoms in total. The Balaban J connectivity index is 1.30. The second-order valence-electron chi connectivity index (χ2n) is 11.6. The van der Waals surface area contributed by atoms with Gasteiger partial charge in [-0.15, -0.1) is 0 Å². The lowest BCUT2D eigenvalue weighted by Gasteiger charge is -2.49. The van der Waals surface area contributed by atoms with E-state index < -0.39 is 6.09 Å². The fourth-order valence-electron chi connectivity index (χ4n) is 6.53. The topological polar surface area (TPSA) is 90.9 Å². The van der Waals surface area contributed by atoms with Gasteiger partial charge < -0.3 is 19.5 Å². The highest BCUT2D eigenvalue weighted by Gasteiger charge is 2.47. The van der Waals surface area contributed by atoms with E-state index in [-0.39, 0.29) is 36.4 Å². The van der Waals surface area contributed by atoms with Crippen molar-refractivity contribution in [1.82, 2.24) is 5.32 Å². The predicted molar refractivity (Wildman–Crippen MR) is 159 cm³/mol. The van der Waals surface area contributed by atoms with Crippen molar-refractivity contribution in [2.45, 2.75) is 76.9 Å². The molecule has 0 aliphatic heterocycles. The van der Waals surface area contributed by atoms with Crippen molar-refractivity contribution in [2.75, 3.05) is 6.61 Å². The number of fused-ring (bicyclic) bond motifs is 4. The smallest absolute Gasteiger partial charge is 0.407 e. The van der Waals surface area contributed by atoms with Crippen molar-refractivity contribution in [3.8, 4) is 5.75 Å². The second-order valence-corrected chi connectivity index (χ2v) is 11.6. The summed E-state index contributed by atoms with van der Waals surface area (Å²) in [6.45, 7) is 4.52. The van der Waals surface area contributed by atoms with Crippen LogP contribution in [0.2, 0.25) is 0 Å². The zero-order valence-corrected chi connectivity index (χ0v) is 24.4. The summed E-state index contributed by atoms with van der Waals surface area (Å²) in [5.74, 6) is 0.0319. The third-order valence-corrected chi connectivity index (χ3v) is 8.64. The minimum absolute atomic E-state index is 0.0803. The van der Waals surface area contributed by atoms with Gasteiger partial charge in [-0.1, -0.05) is 74.7 Å². The number of benzene rings is 3. The molecule has 2 aliphatic carbocycles. The van der Waals surface area contributed by atoms with Crippen LogP contribution in [0.15, 0.2) is 72.8 Å².